The molecule has 0 bridgehead atoms. The van der Waals surface area contributed by atoms with Crippen molar-refractivity contribution in [1.82, 2.24) is 9.38 Å². The van der Waals surface area contributed by atoms with E-state index in [9.17, 15) is 0 Å². The summed E-state index contributed by atoms with van der Waals surface area (Å²) in [6, 6.07) is 0. The van der Waals surface area contributed by atoms with Gasteiger partial charge in [0.05, 0.1) is 11.6 Å². The molecular formula is C12H16ClN3S. The second kappa shape index (κ2) is 4.86. The molecular weight excluding hydrogens is 254 g/mol. The van der Waals surface area contributed by atoms with E-state index in [0.717, 1.165) is 29.6 Å². The molecule has 0 amide bonds. The number of imidazole rings is 1. The first-order chi connectivity index (χ1) is 8.40. The minimum absolute atomic E-state index is 0.531. The van der Waals surface area contributed by atoms with Crippen molar-refractivity contribution in [1.29, 1.82) is 0 Å². The zero-order valence-electron chi connectivity index (χ0n) is 9.73. The molecule has 1 aliphatic rings. The summed E-state index contributed by atoms with van der Waals surface area (Å²) in [5, 5.41) is 2.06. The van der Waals surface area contributed by atoms with Gasteiger partial charge in [-0.15, -0.1) is 22.9 Å². The van der Waals surface area contributed by atoms with Crippen LogP contribution in [0.4, 0.5) is 5.82 Å². The van der Waals surface area contributed by atoms with Crippen molar-refractivity contribution in [2.24, 2.45) is 0 Å². The zero-order valence-corrected chi connectivity index (χ0v) is 11.3. The van der Waals surface area contributed by atoms with Gasteiger partial charge in [0.25, 0.3) is 0 Å². The summed E-state index contributed by atoms with van der Waals surface area (Å²) < 4.78 is 2.12. The molecule has 2 aromatic heterocycles. The Morgan fingerprint density at radius 2 is 2.00 bits per heavy atom. The van der Waals surface area contributed by atoms with E-state index in [1.165, 1.54) is 25.7 Å². The standard InChI is InChI=1S/C12H16ClN3S/c13-9-10-11(14-12-16(10)7-8-17-12)15-5-3-1-2-4-6-15/h7-8H,1-6,9H2. The number of hydrogen-bond acceptors (Lipinski definition) is 3. The predicted octanol–water partition coefficient (Wildman–Crippen LogP) is 3.52. The summed E-state index contributed by atoms with van der Waals surface area (Å²) in [4.78, 5) is 8.19. The van der Waals surface area contributed by atoms with Gasteiger partial charge in [-0.05, 0) is 12.8 Å². The number of anilines is 1. The second-order valence-electron chi connectivity index (χ2n) is 4.47. The second-order valence-corrected chi connectivity index (χ2v) is 5.61. The summed E-state index contributed by atoms with van der Waals surface area (Å²) in [6.45, 7) is 2.24. The molecule has 0 N–H and O–H groups in total. The normalized spacial score (nSPS) is 17.6. The minimum Gasteiger partial charge on any atom is -0.355 e. The van der Waals surface area contributed by atoms with Gasteiger partial charge >= 0.3 is 0 Å². The van der Waals surface area contributed by atoms with Gasteiger partial charge in [0.2, 0.25) is 0 Å². The maximum Gasteiger partial charge on any atom is 0.195 e. The van der Waals surface area contributed by atoms with Crippen molar-refractivity contribution in [2.75, 3.05) is 18.0 Å². The van der Waals surface area contributed by atoms with E-state index >= 15 is 0 Å². The lowest BCUT2D eigenvalue weighted by atomic mass is 10.2. The molecule has 0 spiro atoms. The summed E-state index contributed by atoms with van der Waals surface area (Å²) >= 11 is 7.76. The van der Waals surface area contributed by atoms with E-state index in [4.69, 9.17) is 16.6 Å². The van der Waals surface area contributed by atoms with Crippen LogP contribution in [0.2, 0.25) is 0 Å². The molecule has 3 rings (SSSR count). The molecule has 0 atom stereocenters. The highest BCUT2D eigenvalue weighted by Crippen LogP contribution is 2.27. The Morgan fingerprint density at radius 1 is 1.24 bits per heavy atom. The lowest BCUT2D eigenvalue weighted by Crippen LogP contribution is -2.25. The van der Waals surface area contributed by atoms with E-state index in [2.05, 4.69) is 20.9 Å². The lowest BCUT2D eigenvalue weighted by molar-refractivity contribution is 0.726. The third-order valence-electron chi connectivity index (χ3n) is 3.37. The maximum atomic E-state index is 6.09. The van der Waals surface area contributed by atoms with E-state index in [1.807, 2.05) is 0 Å². The van der Waals surface area contributed by atoms with Crippen LogP contribution in [0.1, 0.15) is 31.4 Å². The first-order valence-electron chi connectivity index (χ1n) is 6.15. The zero-order chi connectivity index (χ0) is 11.7. The fraction of sp³-hybridized carbons (Fsp3) is 0.583. The fourth-order valence-electron chi connectivity index (χ4n) is 2.48. The van der Waals surface area contributed by atoms with Gasteiger partial charge in [-0.1, -0.05) is 12.8 Å². The molecule has 1 aliphatic heterocycles. The Labute approximate surface area is 110 Å². The van der Waals surface area contributed by atoms with Crippen LogP contribution in [0.25, 0.3) is 4.96 Å². The molecule has 0 radical (unpaired) electrons. The van der Waals surface area contributed by atoms with Crippen molar-refractivity contribution >= 4 is 33.7 Å². The Balaban J connectivity index is 1.99. The average Bonchev–Trinajstić information content (AvgIpc) is 2.80. The Hall–Kier alpha value is -0.740. The van der Waals surface area contributed by atoms with Gasteiger partial charge in [0.15, 0.2) is 10.8 Å². The molecule has 0 unspecified atom stereocenters. The van der Waals surface area contributed by atoms with E-state index in [-0.39, 0.29) is 0 Å². The van der Waals surface area contributed by atoms with Crippen LogP contribution in [-0.4, -0.2) is 22.5 Å². The number of nitrogens with zero attached hydrogens (tertiary/aromatic N) is 3. The van der Waals surface area contributed by atoms with Gasteiger partial charge in [0, 0.05) is 24.7 Å². The smallest absolute Gasteiger partial charge is 0.195 e. The van der Waals surface area contributed by atoms with Crippen LogP contribution in [0, 0.1) is 0 Å². The van der Waals surface area contributed by atoms with Crippen LogP contribution in [-0.2, 0) is 5.88 Å². The SMILES string of the molecule is ClCc1c(N2CCCCCC2)nc2sccn12. The highest BCUT2D eigenvalue weighted by molar-refractivity contribution is 7.15. The van der Waals surface area contributed by atoms with Crippen molar-refractivity contribution in [3.63, 3.8) is 0 Å². The summed E-state index contributed by atoms with van der Waals surface area (Å²) in [7, 11) is 0. The van der Waals surface area contributed by atoms with Gasteiger partial charge in [0.1, 0.15) is 0 Å². The summed E-state index contributed by atoms with van der Waals surface area (Å²) in [5.74, 6) is 1.64. The Morgan fingerprint density at radius 3 is 2.71 bits per heavy atom. The number of aromatic nitrogens is 2. The molecule has 3 heterocycles. The van der Waals surface area contributed by atoms with Crippen LogP contribution >= 0.6 is 22.9 Å². The fourth-order valence-corrected chi connectivity index (χ4v) is 3.46. The number of alkyl halides is 1. The van der Waals surface area contributed by atoms with Crippen molar-refractivity contribution < 1.29 is 0 Å². The quantitative estimate of drug-likeness (QED) is 0.778. The Bertz CT molecular complexity index is 497. The monoisotopic (exact) mass is 269 g/mol. The number of rotatable bonds is 2. The maximum absolute atomic E-state index is 6.09. The molecule has 17 heavy (non-hydrogen) atoms. The molecule has 92 valence electrons. The lowest BCUT2D eigenvalue weighted by Gasteiger charge is -2.20. The molecule has 0 saturated carbocycles. The number of halogens is 1. The van der Waals surface area contributed by atoms with Crippen molar-refractivity contribution in [2.45, 2.75) is 31.6 Å². The summed E-state index contributed by atoms with van der Waals surface area (Å²) in [6.07, 6.45) is 7.29. The molecule has 1 saturated heterocycles. The first-order valence-corrected chi connectivity index (χ1v) is 7.57. The van der Waals surface area contributed by atoms with Crippen LogP contribution in [0.5, 0.6) is 0 Å². The molecule has 3 nitrogen and oxygen atoms in total. The minimum atomic E-state index is 0.531. The third kappa shape index (κ3) is 2.04. The van der Waals surface area contributed by atoms with Gasteiger partial charge in [-0.25, -0.2) is 4.98 Å². The van der Waals surface area contributed by atoms with Crippen LogP contribution in [0.3, 0.4) is 0 Å². The largest absolute Gasteiger partial charge is 0.355 e. The van der Waals surface area contributed by atoms with Crippen LogP contribution < -0.4 is 4.90 Å². The highest BCUT2D eigenvalue weighted by Gasteiger charge is 2.19. The molecule has 1 fully saturated rings. The number of fused-ring (bicyclic) bond motifs is 1. The molecule has 2 aromatic rings. The van der Waals surface area contributed by atoms with E-state index in [1.54, 1.807) is 11.3 Å². The van der Waals surface area contributed by atoms with Gasteiger partial charge < -0.3 is 4.90 Å². The van der Waals surface area contributed by atoms with E-state index < -0.39 is 0 Å². The third-order valence-corrected chi connectivity index (χ3v) is 4.38. The topological polar surface area (TPSA) is 20.5 Å². The van der Waals surface area contributed by atoms with Gasteiger partial charge in [-0.3, -0.25) is 4.40 Å². The Kier molecular flexibility index (Phi) is 3.25. The molecule has 0 aliphatic carbocycles. The number of thiazole rings is 1. The molecule has 0 aromatic carbocycles. The van der Waals surface area contributed by atoms with Crippen molar-refractivity contribution in [3.8, 4) is 0 Å². The number of hydrogen-bond donors (Lipinski definition) is 0. The summed E-state index contributed by atoms with van der Waals surface area (Å²) in [5.41, 5.74) is 1.14. The van der Waals surface area contributed by atoms with Crippen molar-refractivity contribution in [3.05, 3.63) is 17.3 Å². The average molecular weight is 270 g/mol. The highest BCUT2D eigenvalue weighted by atomic mass is 35.5. The molecule has 5 heteroatoms. The van der Waals surface area contributed by atoms with Crippen LogP contribution in [0.15, 0.2) is 11.6 Å². The predicted molar refractivity (Wildman–Crippen MR) is 73.3 cm³/mol. The van der Waals surface area contributed by atoms with Gasteiger partial charge in [-0.2, -0.15) is 0 Å². The van der Waals surface area contributed by atoms with E-state index in [0.29, 0.717) is 5.88 Å². The first kappa shape index (κ1) is 11.4.